The SMILES string of the molecule is CC(C)(C)OC(=O)NC1CCC(O)(CN2CCN(c3ccc4c(c3)C(=O)N(C3CCC(=O)NC3=O)C4=O)CC2)CC1. The number of piperidine rings is 1. The molecule has 3 N–H and O–H groups in total. The van der Waals surface area contributed by atoms with Crippen molar-refractivity contribution in [1.29, 1.82) is 0 Å². The number of hydrogen-bond acceptors (Lipinski definition) is 9. The van der Waals surface area contributed by atoms with Gasteiger partial charge in [0.05, 0.1) is 16.7 Å². The molecule has 41 heavy (non-hydrogen) atoms. The molecule has 0 aromatic heterocycles. The van der Waals surface area contributed by atoms with Gasteiger partial charge in [0.15, 0.2) is 0 Å². The second-order valence-corrected chi connectivity index (χ2v) is 12.6. The third kappa shape index (κ3) is 6.38. The standard InChI is InChI=1S/C29H39N5O7/c1-28(2,3)41-27(39)30-18-8-10-29(40,11-9-18)17-32-12-14-33(15-13-32)19-4-5-20-21(16-19)26(38)34(25(20)37)22-6-7-23(35)31-24(22)36/h4-5,16,18,22,40H,6-15,17H2,1-3H3,(H,30,39)(H,31,35,36). The summed E-state index contributed by atoms with van der Waals surface area (Å²) in [7, 11) is 0. The van der Waals surface area contributed by atoms with Crippen LogP contribution in [0.25, 0.3) is 0 Å². The van der Waals surface area contributed by atoms with Gasteiger partial charge in [-0.2, -0.15) is 0 Å². The summed E-state index contributed by atoms with van der Waals surface area (Å²) in [6.07, 6.45) is 2.35. The molecule has 1 saturated carbocycles. The van der Waals surface area contributed by atoms with E-state index >= 15 is 0 Å². The van der Waals surface area contributed by atoms with Crippen LogP contribution in [-0.4, -0.2) is 101 Å². The Hall–Kier alpha value is -3.51. The Bertz CT molecular complexity index is 1240. The number of benzene rings is 1. The van der Waals surface area contributed by atoms with Crippen molar-refractivity contribution in [3.05, 3.63) is 29.3 Å². The van der Waals surface area contributed by atoms with Crippen molar-refractivity contribution in [2.45, 2.75) is 82.6 Å². The Morgan fingerprint density at radius 1 is 1.02 bits per heavy atom. The number of fused-ring (bicyclic) bond motifs is 1. The minimum atomic E-state index is -0.985. The van der Waals surface area contributed by atoms with Crippen molar-refractivity contribution in [3.63, 3.8) is 0 Å². The normalized spacial score (nSPS) is 27.5. The number of ether oxygens (including phenoxy) is 1. The summed E-state index contributed by atoms with van der Waals surface area (Å²) in [6.45, 7) is 8.88. The van der Waals surface area contributed by atoms with E-state index in [4.69, 9.17) is 4.74 Å². The first-order valence-corrected chi connectivity index (χ1v) is 14.4. The van der Waals surface area contributed by atoms with E-state index < -0.39 is 47.0 Å². The van der Waals surface area contributed by atoms with Crippen LogP contribution in [0.2, 0.25) is 0 Å². The summed E-state index contributed by atoms with van der Waals surface area (Å²) in [4.78, 5) is 67.4. The molecular formula is C29H39N5O7. The second kappa shape index (κ2) is 11.1. The second-order valence-electron chi connectivity index (χ2n) is 12.6. The van der Waals surface area contributed by atoms with E-state index in [9.17, 15) is 29.1 Å². The monoisotopic (exact) mass is 569 g/mol. The quantitative estimate of drug-likeness (QED) is 0.448. The molecule has 1 aliphatic carbocycles. The Balaban J connectivity index is 1.13. The summed E-state index contributed by atoms with van der Waals surface area (Å²) in [5, 5.41) is 16.4. The lowest BCUT2D eigenvalue weighted by molar-refractivity contribution is -0.136. The molecule has 1 atom stereocenters. The lowest BCUT2D eigenvalue weighted by atomic mass is 9.81. The van der Waals surface area contributed by atoms with Crippen LogP contribution in [0.15, 0.2) is 18.2 Å². The fourth-order valence-electron chi connectivity index (χ4n) is 6.17. The first kappa shape index (κ1) is 29.0. The zero-order valence-electron chi connectivity index (χ0n) is 23.9. The van der Waals surface area contributed by atoms with Crippen LogP contribution in [0.1, 0.15) is 80.0 Å². The van der Waals surface area contributed by atoms with Crippen molar-refractivity contribution in [2.75, 3.05) is 37.6 Å². The van der Waals surface area contributed by atoms with Crippen LogP contribution in [0.3, 0.4) is 0 Å². The highest BCUT2D eigenvalue weighted by Crippen LogP contribution is 2.32. The number of aliphatic hydroxyl groups is 1. The zero-order valence-corrected chi connectivity index (χ0v) is 23.9. The Morgan fingerprint density at radius 2 is 1.68 bits per heavy atom. The molecule has 12 nitrogen and oxygen atoms in total. The largest absolute Gasteiger partial charge is 0.444 e. The van der Waals surface area contributed by atoms with Crippen LogP contribution in [0.5, 0.6) is 0 Å². The molecule has 3 heterocycles. The number of hydrogen-bond donors (Lipinski definition) is 3. The van der Waals surface area contributed by atoms with E-state index in [-0.39, 0.29) is 30.0 Å². The summed E-state index contributed by atoms with van der Waals surface area (Å²) in [6, 6.07) is 4.17. The highest BCUT2D eigenvalue weighted by Gasteiger charge is 2.45. The van der Waals surface area contributed by atoms with Gasteiger partial charge in [-0.3, -0.25) is 34.3 Å². The molecule has 12 heteroatoms. The fraction of sp³-hybridized carbons (Fsp3) is 0.621. The highest BCUT2D eigenvalue weighted by molar-refractivity contribution is 6.23. The van der Waals surface area contributed by atoms with Gasteiger partial charge in [0, 0.05) is 50.9 Å². The molecular weight excluding hydrogens is 530 g/mol. The number of rotatable bonds is 5. The number of carbonyl (C=O) groups is 5. The van der Waals surface area contributed by atoms with E-state index in [0.717, 1.165) is 23.7 Å². The van der Waals surface area contributed by atoms with Crippen LogP contribution in [-0.2, 0) is 14.3 Å². The molecule has 3 fully saturated rings. The maximum absolute atomic E-state index is 13.2. The van der Waals surface area contributed by atoms with Gasteiger partial charge in [-0.1, -0.05) is 0 Å². The Kier molecular flexibility index (Phi) is 7.82. The minimum absolute atomic E-state index is 0.0118. The van der Waals surface area contributed by atoms with E-state index in [1.165, 1.54) is 0 Å². The minimum Gasteiger partial charge on any atom is -0.444 e. The molecule has 5 amide bonds. The van der Waals surface area contributed by atoms with Crippen molar-refractivity contribution in [2.24, 2.45) is 0 Å². The predicted octanol–water partition coefficient (Wildman–Crippen LogP) is 1.41. The van der Waals surface area contributed by atoms with Gasteiger partial charge in [0.2, 0.25) is 11.8 Å². The number of nitrogens with one attached hydrogen (secondary N) is 2. The number of anilines is 1. The molecule has 3 aliphatic heterocycles. The summed E-state index contributed by atoms with van der Waals surface area (Å²) >= 11 is 0. The number of alkyl carbamates (subject to hydrolysis) is 1. The molecule has 2 saturated heterocycles. The number of amides is 5. The maximum atomic E-state index is 13.2. The number of β-amino-alcohol motifs (C(OH)–C–C–N with tert-alkyl or cyclic N) is 1. The third-order valence-corrected chi connectivity index (χ3v) is 8.32. The van der Waals surface area contributed by atoms with Gasteiger partial charge >= 0.3 is 6.09 Å². The van der Waals surface area contributed by atoms with Gasteiger partial charge in [-0.05, 0) is 71.1 Å². The van der Waals surface area contributed by atoms with Crippen LogP contribution in [0.4, 0.5) is 10.5 Å². The molecule has 5 rings (SSSR count). The van der Waals surface area contributed by atoms with Gasteiger partial charge in [0.1, 0.15) is 11.6 Å². The average molecular weight is 570 g/mol. The maximum Gasteiger partial charge on any atom is 0.407 e. The molecule has 4 aliphatic rings. The molecule has 0 radical (unpaired) electrons. The van der Waals surface area contributed by atoms with Crippen molar-refractivity contribution in [1.82, 2.24) is 20.4 Å². The summed E-state index contributed by atoms with van der Waals surface area (Å²) < 4.78 is 5.35. The summed E-state index contributed by atoms with van der Waals surface area (Å²) in [5.74, 6) is -2.06. The molecule has 1 aromatic carbocycles. The van der Waals surface area contributed by atoms with E-state index in [1.807, 2.05) is 26.8 Å². The topological polar surface area (TPSA) is 149 Å². The third-order valence-electron chi connectivity index (χ3n) is 8.32. The number of imide groups is 2. The van der Waals surface area contributed by atoms with Gasteiger partial charge in [-0.15, -0.1) is 0 Å². The van der Waals surface area contributed by atoms with Crippen LogP contribution in [0, 0.1) is 0 Å². The van der Waals surface area contributed by atoms with E-state index in [0.29, 0.717) is 45.3 Å². The van der Waals surface area contributed by atoms with Gasteiger partial charge < -0.3 is 20.1 Å². The van der Waals surface area contributed by atoms with Crippen molar-refractivity contribution in [3.8, 4) is 0 Å². The lowest BCUT2D eigenvalue weighted by Crippen LogP contribution is -2.54. The molecule has 222 valence electrons. The molecule has 0 bridgehead atoms. The zero-order chi connectivity index (χ0) is 29.5. The molecule has 0 spiro atoms. The number of nitrogens with zero attached hydrogens (tertiary/aromatic N) is 3. The highest BCUT2D eigenvalue weighted by atomic mass is 16.6. The lowest BCUT2D eigenvalue weighted by Gasteiger charge is -2.43. The summed E-state index contributed by atoms with van der Waals surface area (Å²) in [5.41, 5.74) is -0.00703. The van der Waals surface area contributed by atoms with Gasteiger partial charge in [-0.25, -0.2) is 4.79 Å². The fourth-order valence-corrected chi connectivity index (χ4v) is 6.17. The smallest absolute Gasteiger partial charge is 0.407 e. The van der Waals surface area contributed by atoms with Crippen LogP contribution < -0.4 is 15.5 Å². The number of carbonyl (C=O) groups excluding carboxylic acids is 5. The Labute approximate surface area is 239 Å². The predicted molar refractivity (Wildman–Crippen MR) is 148 cm³/mol. The average Bonchev–Trinajstić information content (AvgIpc) is 3.14. The Morgan fingerprint density at radius 3 is 2.32 bits per heavy atom. The first-order valence-electron chi connectivity index (χ1n) is 14.4. The first-order chi connectivity index (χ1) is 19.3. The van der Waals surface area contributed by atoms with Gasteiger partial charge in [0.25, 0.3) is 11.8 Å². The molecule has 1 unspecified atom stereocenters. The van der Waals surface area contributed by atoms with E-state index in [2.05, 4.69) is 20.4 Å². The van der Waals surface area contributed by atoms with Crippen molar-refractivity contribution >= 4 is 35.4 Å². The van der Waals surface area contributed by atoms with E-state index in [1.54, 1.807) is 12.1 Å². The van der Waals surface area contributed by atoms with Crippen LogP contribution >= 0.6 is 0 Å². The number of piperazine rings is 1. The van der Waals surface area contributed by atoms with Crippen molar-refractivity contribution < 1.29 is 33.8 Å². The molecule has 1 aromatic rings.